The molecule has 8 atom stereocenters. The van der Waals surface area contributed by atoms with Crippen LogP contribution in [0.3, 0.4) is 0 Å². The molecule has 0 amide bonds. The van der Waals surface area contributed by atoms with E-state index < -0.39 is 83.5 Å². The van der Waals surface area contributed by atoms with E-state index in [9.17, 15) is 53.8 Å². The topological polar surface area (TPSA) is 265 Å². The summed E-state index contributed by atoms with van der Waals surface area (Å²) < 4.78 is 47.3. The zero-order valence-electron chi connectivity index (χ0n) is 24.5. The number of carbonyl (C=O) groups is 2. The van der Waals surface area contributed by atoms with Gasteiger partial charge in [0.05, 0.1) is 14.4 Å². The minimum atomic E-state index is -5.85. The van der Waals surface area contributed by atoms with E-state index >= 15 is 0 Å². The molecular formula is C25H45O16P2-3. The van der Waals surface area contributed by atoms with Crippen molar-refractivity contribution in [3.8, 4) is 0 Å². The average Bonchev–Trinajstić information content (AvgIpc) is 2.93. The second-order valence-electron chi connectivity index (χ2n) is 10.4. The number of hydrogen-bond acceptors (Lipinski definition) is 16. The Bertz CT molecular complexity index is 914. The molecule has 1 fully saturated rings. The summed E-state index contributed by atoms with van der Waals surface area (Å²) in [6.45, 7) is 2.63. The molecule has 254 valence electrons. The minimum Gasteiger partial charge on any atom is -0.790 e. The lowest BCUT2D eigenvalue weighted by atomic mass is 9.85. The summed E-state index contributed by atoms with van der Waals surface area (Å²) in [6.07, 6.45) is -6.72. The van der Waals surface area contributed by atoms with Crippen LogP contribution in [0.4, 0.5) is 0 Å². The number of aliphatic hydroxyl groups excluding tert-OH is 4. The zero-order valence-corrected chi connectivity index (χ0v) is 26.3. The van der Waals surface area contributed by atoms with E-state index in [0.29, 0.717) is 12.8 Å². The first-order chi connectivity index (χ1) is 20.1. The molecule has 0 aromatic heterocycles. The van der Waals surface area contributed by atoms with Crippen molar-refractivity contribution in [3.63, 3.8) is 0 Å². The lowest BCUT2D eigenvalue weighted by molar-refractivity contribution is -0.353. The molecule has 1 aliphatic carbocycles. The standard InChI is InChI=1S/C25H48O16P2/c1-3-5-7-9-11-13-18(26)37-15-17(39-19(27)14-12-10-8-6-4-2)16-38-43(35,36)41-25-22(30)20(28)21(29)24(23(25)31)40-42(32,33)34/h17,20-25,28-31H,3-16H2,1-2H3,(H,35,36)(H2,32,33,34)/p-3/t17-,20+,21+,22-,23-,24-,25+/m1/s1. The molecule has 0 aromatic rings. The van der Waals surface area contributed by atoms with Gasteiger partial charge in [0.2, 0.25) is 0 Å². The molecule has 4 N–H and O–H groups in total. The molecule has 0 aliphatic heterocycles. The average molecular weight is 664 g/mol. The Morgan fingerprint density at radius 3 is 1.67 bits per heavy atom. The highest BCUT2D eigenvalue weighted by atomic mass is 31.2. The molecule has 1 aliphatic rings. The van der Waals surface area contributed by atoms with Gasteiger partial charge in [-0.25, -0.2) is 0 Å². The third kappa shape index (κ3) is 16.2. The molecule has 0 aromatic carbocycles. The monoisotopic (exact) mass is 663 g/mol. The highest BCUT2D eigenvalue weighted by molar-refractivity contribution is 7.45. The van der Waals surface area contributed by atoms with Crippen LogP contribution in [-0.2, 0) is 41.8 Å². The summed E-state index contributed by atoms with van der Waals surface area (Å²) in [7, 11) is -11.4. The van der Waals surface area contributed by atoms with Crippen LogP contribution in [-0.4, -0.2) is 88.3 Å². The predicted octanol–water partition coefficient (Wildman–Crippen LogP) is -0.296. The summed E-state index contributed by atoms with van der Waals surface area (Å²) in [4.78, 5) is 59.0. The van der Waals surface area contributed by atoms with Crippen molar-refractivity contribution in [1.82, 2.24) is 0 Å². The molecule has 1 rings (SSSR count). The summed E-state index contributed by atoms with van der Waals surface area (Å²) >= 11 is 0. The summed E-state index contributed by atoms with van der Waals surface area (Å²) in [5, 5.41) is 40.3. The molecule has 0 bridgehead atoms. The molecule has 0 heterocycles. The van der Waals surface area contributed by atoms with Gasteiger partial charge < -0.3 is 62.7 Å². The Morgan fingerprint density at radius 1 is 0.674 bits per heavy atom. The highest BCUT2D eigenvalue weighted by Gasteiger charge is 2.51. The molecule has 16 nitrogen and oxygen atoms in total. The van der Waals surface area contributed by atoms with Crippen LogP contribution in [0.15, 0.2) is 0 Å². The molecule has 1 unspecified atom stereocenters. The third-order valence-corrected chi connectivity index (χ3v) is 8.13. The SMILES string of the molecule is CCCCCCCC(=O)OC[C@H](COP(=O)([O-])O[C@@H]1[C@H](O)[C@H](OP(=O)([O-])[O-])[C@@H](O)[C@H](O)[C@H]1O)OC(=O)CCCCCCC. The number of carbonyl (C=O) groups excluding carboxylic acids is 2. The number of phosphoric acid groups is 2. The Balaban J connectivity index is 2.84. The van der Waals surface area contributed by atoms with Crippen molar-refractivity contribution in [3.05, 3.63) is 0 Å². The number of unbranched alkanes of at least 4 members (excludes halogenated alkanes) is 8. The second kappa shape index (κ2) is 20.2. The van der Waals surface area contributed by atoms with Crippen LogP contribution < -0.4 is 14.7 Å². The fourth-order valence-corrected chi connectivity index (χ4v) is 5.80. The van der Waals surface area contributed by atoms with Crippen molar-refractivity contribution in [2.75, 3.05) is 13.2 Å². The third-order valence-electron chi connectivity index (χ3n) is 6.66. The van der Waals surface area contributed by atoms with E-state index in [1.165, 1.54) is 0 Å². The second-order valence-corrected chi connectivity index (χ2v) is 12.9. The summed E-state index contributed by atoms with van der Waals surface area (Å²) in [5.74, 6) is -1.29. The van der Waals surface area contributed by atoms with Crippen molar-refractivity contribution < 1.29 is 76.9 Å². The number of esters is 2. The number of phosphoric ester groups is 2. The zero-order chi connectivity index (χ0) is 32.6. The molecule has 43 heavy (non-hydrogen) atoms. The largest absolute Gasteiger partial charge is 0.790 e. The van der Waals surface area contributed by atoms with Gasteiger partial charge in [-0.05, 0) is 12.8 Å². The molecule has 1 saturated carbocycles. The Morgan fingerprint density at radius 2 is 1.16 bits per heavy atom. The maximum atomic E-state index is 12.5. The van der Waals surface area contributed by atoms with Crippen molar-refractivity contribution in [2.45, 2.75) is 134 Å². The lowest BCUT2D eigenvalue weighted by Crippen LogP contribution is -2.65. The van der Waals surface area contributed by atoms with Gasteiger partial charge in [0.15, 0.2) is 6.10 Å². The van der Waals surface area contributed by atoms with E-state index in [0.717, 1.165) is 51.4 Å². The number of hydrogen-bond donors (Lipinski definition) is 4. The van der Waals surface area contributed by atoms with E-state index in [1.54, 1.807) is 0 Å². The Kier molecular flexibility index (Phi) is 18.8. The fraction of sp³-hybridized carbons (Fsp3) is 0.920. The minimum absolute atomic E-state index is 0.0163. The van der Waals surface area contributed by atoms with E-state index in [-0.39, 0.29) is 12.8 Å². The van der Waals surface area contributed by atoms with Crippen molar-refractivity contribution in [1.29, 1.82) is 0 Å². The van der Waals surface area contributed by atoms with Crippen LogP contribution in [0.2, 0.25) is 0 Å². The van der Waals surface area contributed by atoms with E-state index in [4.69, 9.17) is 14.0 Å². The van der Waals surface area contributed by atoms with E-state index in [2.05, 4.69) is 16.0 Å². The van der Waals surface area contributed by atoms with Gasteiger partial charge in [-0.15, -0.1) is 0 Å². The van der Waals surface area contributed by atoms with Gasteiger partial charge >= 0.3 is 11.9 Å². The smallest absolute Gasteiger partial charge is 0.306 e. The highest BCUT2D eigenvalue weighted by Crippen LogP contribution is 2.44. The normalized spacial score (nSPS) is 26.4. The van der Waals surface area contributed by atoms with Crippen LogP contribution >= 0.6 is 15.6 Å². The molecule has 0 radical (unpaired) electrons. The quantitative estimate of drug-likeness (QED) is 0.0658. The number of aliphatic hydroxyl groups is 4. The fourth-order valence-electron chi connectivity index (χ4n) is 4.30. The van der Waals surface area contributed by atoms with Gasteiger partial charge in [-0.2, -0.15) is 0 Å². The first-order valence-electron chi connectivity index (χ1n) is 14.5. The molecular weight excluding hydrogens is 618 g/mol. The first-order valence-corrected chi connectivity index (χ1v) is 17.5. The summed E-state index contributed by atoms with van der Waals surface area (Å²) in [6, 6.07) is 0. The molecule has 0 saturated heterocycles. The van der Waals surface area contributed by atoms with Crippen LogP contribution in [0, 0.1) is 0 Å². The maximum Gasteiger partial charge on any atom is 0.306 e. The number of rotatable bonds is 22. The first kappa shape index (κ1) is 40.0. The van der Waals surface area contributed by atoms with Gasteiger partial charge in [-0.3, -0.25) is 14.2 Å². The van der Waals surface area contributed by atoms with Crippen LogP contribution in [0.5, 0.6) is 0 Å². The van der Waals surface area contributed by atoms with Crippen molar-refractivity contribution in [2.24, 2.45) is 0 Å². The Hall–Kier alpha value is -1.00. The lowest BCUT2D eigenvalue weighted by Gasteiger charge is -2.47. The van der Waals surface area contributed by atoms with Crippen LogP contribution in [0.1, 0.15) is 90.9 Å². The van der Waals surface area contributed by atoms with Gasteiger partial charge in [0.25, 0.3) is 7.82 Å². The number of ether oxygens (including phenoxy) is 2. The summed E-state index contributed by atoms with van der Waals surface area (Å²) in [5.41, 5.74) is 0. The Labute approximate surface area is 251 Å². The molecule has 18 heteroatoms. The van der Waals surface area contributed by atoms with Gasteiger partial charge in [0, 0.05) is 12.8 Å². The van der Waals surface area contributed by atoms with Crippen LogP contribution in [0.25, 0.3) is 0 Å². The van der Waals surface area contributed by atoms with Gasteiger partial charge in [-0.1, -0.05) is 65.2 Å². The maximum absolute atomic E-state index is 12.5. The predicted molar refractivity (Wildman–Crippen MR) is 143 cm³/mol. The van der Waals surface area contributed by atoms with E-state index in [1.807, 2.05) is 6.92 Å². The van der Waals surface area contributed by atoms with Crippen molar-refractivity contribution >= 4 is 27.6 Å². The molecule has 0 spiro atoms. The van der Waals surface area contributed by atoms with Gasteiger partial charge in [0.1, 0.15) is 43.2 Å².